The molecule has 3 heterocycles. The van der Waals surface area contributed by atoms with E-state index in [0.29, 0.717) is 31.4 Å². The van der Waals surface area contributed by atoms with E-state index in [1.165, 1.54) is 12.1 Å². The third-order valence-corrected chi connectivity index (χ3v) is 8.10. The van der Waals surface area contributed by atoms with Crippen molar-refractivity contribution in [1.29, 1.82) is 0 Å². The molecule has 6 rings (SSSR count). The van der Waals surface area contributed by atoms with E-state index in [2.05, 4.69) is 15.6 Å². The van der Waals surface area contributed by atoms with Crippen molar-refractivity contribution in [2.45, 2.75) is 51.2 Å². The van der Waals surface area contributed by atoms with Gasteiger partial charge in [0.15, 0.2) is 0 Å². The van der Waals surface area contributed by atoms with Crippen molar-refractivity contribution in [2.24, 2.45) is 5.92 Å². The number of hydrogen-bond donors (Lipinski definition) is 3. The van der Waals surface area contributed by atoms with Crippen molar-refractivity contribution in [3.63, 3.8) is 0 Å². The molecular weight excluding hydrogens is 519 g/mol. The molecule has 0 spiro atoms. The number of aromatic nitrogens is 1. The van der Waals surface area contributed by atoms with Crippen molar-refractivity contribution in [3.05, 3.63) is 107 Å². The van der Waals surface area contributed by atoms with Crippen LogP contribution >= 0.6 is 0 Å². The van der Waals surface area contributed by atoms with Crippen LogP contribution in [0.15, 0.2) is 72.8 Å². The van der Waals surface area contributed by atoms with Gasteiger partial charge in [-0.15, -0.1) is 0 Å². The summed E-state index contributed by atoms with van der Waals surface area (Å²) in [5.74, 6) is -1.000. The molecule has 3 atom stereocenters. The van der Waals surface area contributed by atoms with Crippen molar-refractivity contribution < 1.29 is 18.8 Å². The largest absolute Gasteiger partial charge is 0.356 e. The fraction of sp³-hybridized carbons (Fsp3) is 0.303. The number of aromatic amines is 1. The number of hydrogen-bond acceptors (Lipinski definition) is 3. The molecule has 0 saturated carbocycles. The molecule has 0 aliphatic carbocycles. The molecule has 4 aromatic rings. The summed E-state index contributed by atoms with van der Waals surface area (Å²) in [6.45, 7) is 4.31. The first-order valence-corrected chi connectivity index (χ1v) is 14.2. The van der Waals surface area contributed by atoms with Gasteiger partial charge < -0.3 is 20.5 Å². The second-order valence-electron chi connectivity index (χ2n) is 11.3. The van der Waals surface area contributed by atoms with Gasteiger partial charge in [-0.2, -0.15) is 0 Å². The normalized spacial score (nSPS) is 18.1. The smallest absolute Gasteiger partial charge is 0.255 e. The topological polar surface area (TPSA) is 94.3 Å². The molecular formula is C33H33FN4O3. The zero-order valence-corrected chi connectivity index (χ0v) is 23.1. The average Bonchev–Trinajstić information content (AvgIpc) is 3.47. The molecule has 0 unspecified atom stereocenters. The number of rotatable bonds is 8. The fourth-order valence-electron chi connectivity index (χ4n) is 6.25. The number of carbonyl (C=O) groups excluding carboxylic acids is 3. The van der Waals surface area contributed by atoms with Gasteiger partial charge in [-0.1, -0.05) is 62.4 Å². The highest BCUT2D eigenvalue weighted by molar-refractivity contribution is 6.04. The monoisotopic (exact) mass is 552 g/mol. The van der Waals surface area contributed by atoms with Crippen molar-refractivity contribution >= 4 is 28.6 Å². The Morgan fingerprint density at radius 1 is 1.05 bits per heavy atom. The fourth-order valence-corrected chi connectivity index (χ4v) is 6.25. The zero-order valence-electron chi connectivity index (χ0n) is 23.1. The molecule has 0 fully saturated rings. The second kappa shape index (κ2) is 10.8. The van der Waals surface area contributed by atoms with Crippen LogP contribution in [0.3, 0.4) is 0 Å². The Morgan fingerprint density at radius 3 is 2.63 bits per heavy atom. The molecule has 8 heteroatoms. The minimum Gasteiger partial charge on any atom is -0.356 e. The molecule has 3 aromatic carbocycles. The Kier molecular flexibility index (Phi) is 7.07. The van der Waals surface area contributed by atoms with Gasteiger partial charge in [-0.25, -0.2) is 4.39 Å². The second-order valence-corrected chi connectivity index (χ2v) is 11.3. The first-order chi connectivity index (χ1) is 19.8. The lowest BCUT2D eigenvalue weighted by Crippen LogP contribution is -2.56. The van der Waals surface area contributed by atoms with Crippen LogP contribution in [0.25, 0.3) is 10.9 Å². The molecule has 0 saturated heterocycles. The Bertz CT molecular complexity index is 1640. The number of carbonyl (C=O) groups is 3. The Balaban J connectivity index is 1.26. The maximum atomic E-state index is 14.0. The van der Waals surface area contributed by atoms with E-state index in [1.54, 1.807) is 17.0 Å². The number of halogens is 1. The zero-order chi connectivity index (χ0) is 28.7. The van der Waals surface area contributed by atoms with Gasteiger partial charge in [0.25, 0.3) is 5.91 Å². The van der Waals surface area contributed by atoms with Crippen LogP contribution in [0.1, 0.15) is 59.1 Å². The predicted octanol–water partition coefficient (Wildman–Crippen LogP) is 4.67. The summed E-state index contributed by atoms with van der Waals surface area (Å²) in [5.41, 5.74) is 5.16. The minimum absolute atomic E-state index is 0.145. The van der Waals surface area contributed by atoms with Crippen LogP contribution in [0.2, 0.25) is 0 Å². The maximum absolute atomic E-state index is 14.0. The van der Waals surface area contributed by atoms with Gasteiger partial charge in [0.1, 0.15) is 17.9 Å². The van der Waals surface area contributed by atoms with E-state index in [4.69, 9.17) is 0 Å². The first kappa shape index (κ1) is 26.7. The van der Waals surface area contributed by atoms with Crippen molar-refractivity contribution in [3.8, 4) is 0 Å². The SMILES string of the molecule is CC(C)C[C@H](NC(=O)[C@@H]1Cc2c([nH]c3ccccc23)[C@@H]2c3ccccc3C(=O)N21)C(=O)NCCc1cccc(F)c1. The molecule has 210 valence electrons. The van der Waals surface area contributed by atoms with Crippen LogP contribution in [0.4, 0.5) is 4.39 Å². The lowest BCUT2D eigenvalue weighted by Gasteiger charge is -2.37. The third-order valence-electron chi connectivity index (χ3n) is 8.10. The summed E-state index contributed by atoms with van der Waals surface area (Å²) < 4.78 is 13.5. The number of para-hydroxylation sites is 1. The highest BCUT2D eigenvalue weighted by atomic mass is 19.1. The van der Waals surface area contributed by atoms with E-state index in [-0.39, 0.29) is 29.5 Å². The Hall–Kier alpha value is -4.46. The third kappa shape index (κ3) is 4.99. The average molecular weight is 553 g/mol. The minimum atomic E-state index is -0.777. The molecule has 41 heavy (non-hydrogen) atoms. The highest BCUT2D eigenvalue weighted by Crippen LogP contribution is 2.46. The molecule has 7 nitrogen and oxygen atoms in total. The lowest BCUT2D eigenvalue weighted by atomic mass is 9.89. The van der Waals surface area contributed by atoms with Gasteiger partial charge >= 0.3 is 0 Å². The van der Waals surface area contributed by atoms with Crippen LogP contribution in [-0.4, -0.2) is 46.2 Å². The van der Waals surface area contributed by atoms with E-state index in [9.17, 15) is 18.8 Å². The Labute approximate surface area is 238 Å². The molecule has 3 N–H and O–H groups in total. The molecule has 0 bridgehead atoms. The van der Waals surface area contributed by atoms with Gasteiger partial charge in [0.05, 0.1) is 6.04 Å². The quantitative estimate of drug-likeness (QED) is 0.297. The number of nitrogens with zero attached hydrogens (tertiary/aromatic N) is 1. The number of H-pyrrole nitrogens is 1. The van der Waals surface area contributed by atoms with E-state index >= 15 is 0 Å². The molecule has 2 aliphatic rings. The molecule has 3 amide bonds. The van der Waals surface area contributed by atoms with Crippen LogP contribution in [-0.2, 0) is 22.4 Å². The molecule has 1 aromatic heterocycles. The summed E-state index contributed by atoms with van der Waals surface area (Å²) in [6.07, 6.45) is 1.26. The summed E-state index contributed by atoms with van der Waals surface area (Å²) in [5, 5.41) is 6.93. The summed E-state index contributed by atoms with van der Waals surface area (Å²) in [7, 11) is 0. The maximum Gasteiger partial charge on any atom is 0.255 e. The number of nitrogens with one attached hydrogen (secondary N) is 3. The van der Waals surface area contributed by atoms with Gasteiger partial charge in [-0.05, 0) is 59.7 Å². The number of amides is 3. The van der Waals surface area contributed by atoms with Crippen LogP contribution < -0.4 is 10.6 Å². The van der Waals surface area contributed by atoms with Gasteiger partial charge in [0, 0.05) is 35.1 Å². The van der Waals surface area contributed by atoms with Crippen molar-refractivity contribution in [2.75, 3.05) is 6.54 Å². The van der Waals surface area contributed by atoms with Crippen LogP contribution in [0, 0.1) is 11.7 Å². The summed E-state index contributed by atoms with van der Waals surface area (Å²) >= 11 is 0. The highest BCUT2D eigenvalue weighted by Gasteiger charge is 2.49. The van der Waals surface area contributed by atoms with E-state index in [0.717, 1.165) is 33.3 Å². The van der Waals surface area contributed by atoms with E-state index in [1.807, 2.05) is 62.4 Å². The standard InChI is InChI=1S/C33H33FN4O3/c1-19(2)16-27(31(39)35-15-14-20-8-7-9-21(34)17-20)37-32(40)28-18-25-22-10-5-6-13-26(22)36-29(25)30-23-11-3-4-12-24(23)33(41)38(28)30/h3-13,17,19,27-28,30,36H,14-16,18H2,1-2H3,(H,35,39)(H,37,40)/t27-,28-,30-/m0/s1. The van der Waals surface area contributed by atoms with E-state index < -0.39 is 18.1 Å². The predicted molar refractivity (Wildman–Crippen MR) is 155 cm³/mol. The summed E-state index contributed by atoms with van der Waals surface area (Å²) in [6, 6.07) is 19.8. The molecule has 0 radical (unpaired) electrons. The van der Waals surface area contributed by atoms with Gasteiger partial charge in [0.2, 0.25) is 11.8 Å². The van der Waals surface area contributed by atoms with Gasteiger partial charge in [-0.3, -0.25) is 14.4 Å². The first-order valence-electron chi connectivity index (χ1n) is 14.2. The summed E-state index contributed by atoms with van der Waals surface area (Å²) in [4.78, 5) is 46.2. The number of benzene rings is 3. The molecule has 2 aliphatic heterocycles. The number of fused-ring (bicyclic) bond motifs is 7. The van der Waals surface area contributed by atoms with Crippen molar-refractivity contribution in [1.82, 2.24) is 20.5 Å². The Morgan fingerprint density at radius 2 is 1.83 bits per heavy atom. The lowest BCUT2D eigenvalue weighted by molar-refractivity contribution is -0.132. The van der Waals surface area contributed by atoms with Crippen LogP contribution in [0.5, 0.6) is 0 Å².